The van der Waals surface area contributed by atoms with Crippen LogP contribution in [0, 0.1) is 23.0 Å². The average Bonchev–Trinajstić information content (AvgIpc) is 3.42. The van der Waals surface area contributed by atoms with E-state index in [1.807, 2.05) is 14.1 Å². The number of benzene rings is 2. The Morgan fingerprint density at radius 3 is 2.63 bits per heavy atom. The predicted octanol–water partition coefficient (Wildman–Crippen LogP) is 5.35. The van der Waals surface area contributed by atoms with Gasteiger partial charge >= 0.3 is 0 Å². The Balaban J connectivity index is 1.53. The zero-order valence-corrected chi connectivity index (χ0v) is 24.9. The summed E-state index contributed by atoms with van der Waals surface area (Å²) in [6, 6.07) is 8.82. The molecule has 2 aromatic carbocycles. The number of likely N-dealkylation sites (N-methyl/N-ethyl adjacent to an activating group) is 1. The number of carbonyl (C=O) groups is 1. The highest BCUT2D eigenvalue weighted by Gasteiger charge is 2.43. The van der Waals surface area contributed by atoms with E-state index in [-0.39, 0.29) is 46.1 Å². The molecule has 222 valence electrons. The Morgan fingerprint density at radius 2 is 1.98 bits per heavy atom. The van der Waals surface area contributed by atoms with Gasteiger partial charge in [-0.15, -0.1) is 5.10 Å². The lowest BCUT2D eigenvalue weighted by Crippen LogP contribution is -2.67. The van der Waals surface area contributed by atoms with E-state index in [0.717, 1.165) is 0 Å². The number of nitriles is 1. The van der Waals surface area contributed by atoms with Crippen molar-refractivity contribution in [1.29, 1.82) is 5.26 Å². The minimum absolute atomic E-state index is 0.0915. The SMILES string of the molecule is C=CC(=O)N1CC[C@H](n2nnc3c(N4CC(C)(N(C)C)C4)nc4c(F)c(-c5ccc(F)cc5)c(Cl)cc4c32)C[C@H]1CC#N. The number of anilines is 1. The number of pyridine rings is 1. The zero-order valence-electron chi connectivity index (χ0n) is 24.2. The Labute approximate surface area is 252 Å². The van der Waals surface area contributed by atoms with Crippen molar-refractivity contribution in [1.82, 2.24) is 29.8 Å². The third kappa shape index (κ3) is 4.79. The van der Waals surface area contributed by atoms with Crippen LogP contribution in [0.4, 0.5) is 14.6 Å². The maximum atomic E-state index is 16.5. The van der Waals surface area contributed by atoms with Gasteiger partial charge in [0.05, 0.1) is 29.1 Å². The summed E-state index contributed by atoms with van der Waals surface area (Å²) in [7, 11) is 4.05. The average molecular weight is 605 g/mol. The minimum atomic E-state index is -0.616. The highest BCUT2D eigenvalue weighted by Crippen LogP contribution is 2.43. The summed E-state index contributed by atoms with van der Waals surface area (Å²) in [5, 5.41) is 19.2. The number of amides is 1. The van der Waals surface area contributed by atoms with Crippen molar-refractivity contribution in [3.63, 3.8) is 0 Å². The molecule has 2 saturated heterocycles. The Morgan fingerprint density at radius 1 is 1.26 bits per heavy atom. The van der Waals surface area contributed by atoms with Crippen LogP contribution >= 0.6 is 11.6 Å². The van der Waals surface area contributed by atoms with Crippen LogP contribution in [0.1, 0.15) is 32.2 Å². The number of hydrogen-bond acceptors (Lipinski definition) is 7. The zero-order chi connectivity index (χ0) is 30.6. The number of hydrogen-bond donors (Lipinski definition) is 0. The van der Waals surface area contributed by atoms with E-state index < -0.39 is 11.6 Å². The topological polar surface area (TPSA) is 94.2 Å². The highest BCUT2D eigenvalue weighted by atomic mass is 35.5. The largest absolute Gasteiger partial charge is 0.351 e. The molecular formula is C31H31ClF2N8O. The molecule has 0 aliphatic carbocycles. The Bertz CT molecular complexity index is 1790. The molecule has 2 fully saturated rings. The van der Waals surface area contributed by atoms with Crippen LogP contribution in [0.5, 0.6) is 0 Å². The van der Waals surface area contributed by atoms with Gasteiger partial charge in [0, 0.05) is 36.6 Å². The van der Waals surface area contributed by atoms with Crippen molar-refractivity contribution in [2.75, 3.05) is 38.6 Å². The molecule has 43 heavy (non-hydrogen) atoms. The van der Waals surface area contributed by atoms with E-state index in [1.165, 1.54) is 30.3 Å². The number of halogens is 3. The number of aromatic nitrogens is 4. The summed E-state index contributed by atoms with van der Waals surface area (Å²) < 4.78 is 32.0. The number of fused-ring (bicyclic) bond motifs is 3. The van der Waals surface area contributed by atoms with Gasteiger partial charge in [-0.2, -0.15) is 5.26 Å². The summed E-state index contributed by atoms with van der Waals surface area (Å²) >= 11 is 6.72. The van der Waals surface area contributed by atoms with E-state index in [1.54, 1.807) is 15.6 Å². The number of carbonyl (C=O) groups excluding carboxylic acids is 1. The lowest BCUT2D eigenvalue weighted by Gasteiger charge is -2.52. The van der Waals surface area contributed by atoms with Crippen molar-refractivity contribution >= 4 is 45.3 Å². The van der Waals surface area contributed by atoms with Gasteiger partial charge in [0.15, 0.2) is 17.2 Å². The van der Waals surface area contributed by atoms with Crippen molar-refractivity contribution < 1.29 is 13.6 Å². The number of nitrogens with zero attached hydrogens (tertiary/aromatic N) is 8. The molecule has 9 nitrogen and oxygen atoms in total. The van der Waals surface area contributed by atoms with E-state index in [2.05, 4.69) is 39.7 Å². The molecule has 0 radical (unpaired) electrons. The maximum absolute atomic E-state index is 16.5. The van der Waals surface area contributed by atoms with Gasteiger partial charge in [0.25, 0.3) is 0 Å². The van der Waals surface area contributed by atoms with Crippen molar-refractivity contribution in [3.05, 3.63) is 59.6 Å². The first-order valence-corrected chi connectivity index (χ1v) is 14.5. The van der Waals surface area contributed by atoms with E-state index in [4.69, 9.17) is 16.6 Å². The van der Waals surface area contributed by atoms with Gasteiger partial charge in [0.1, 0.15) is 16.9 Å². The summed E-state index contributed by atoms with van der Waals surface area (Å²) in [6.07, 6.45) is 2.45. The standard InChI is InChI=1S/C31H31ClF2N8O/c1-5-24(43)41-13-11-21(14-20(41)10-12-35)42-29-22-15-23(32)25(18-6-8-19(33)9-7-18)26(34)27(22)36-30(28(29)37-38-42)40-16-31(2,17-40)39(3)4/h5-9,15,20-21H,1,10-11,13-14,16-17H2,2-4H3/t20-,21+/m1/s1. The van der Waals surface area contributed by atoms with E-state index in [0.29, 0.717) is 60.3 Å². The molecule has 2 aromatic heterocycles. The van der Waals surface area contributed by atoms with Crippen molar-refractivity contribution in [2.24, 2.45) is 0 Å². The van der Waals surface area contributed by atoms with Gasteiger partial charge in [0.2, 0.25) is 5.91 Å². The van der Waals surface area contributed by atoms with Crippen LogP contribution in [-0.2, 0) is 4.79 Å². The summed E-state index contributed by atoms with van der Waals surface area (Å²) in [5.41, 5.74) is 1.71. The number of likely N-dealkylation sites (tertiary alicyclic amines) is 1. The molecule has 6 rings (SSSR count). The van der Waals surface area contributed by atoms with Crippen LogP contribution in [0.15, 0.2) is 43.0 Å². The highest BCUT2D eigenvalue weighted by molar-refractivity contribution is 6.34. The number of rotatable bonds is 6. The second-order valence-corrected chi connectivity index (χ2v) is 12.2. The Kier molecular flexibility index (Phi) is 7.30. The van der Waals surface area contributed by atoms with Gasteiger partial charge < -0.3 is 14.7 Å². The fraction of sp³-hybridized carbons (Fsp3) is 0.387. The minimum Gasteiger partial charge on any atom is -0.351 e. The van der Waals surface area contributed by atoms with Crippen LogP contribution in [0.3, 0.4) is 0 Å². The van der Waals surface area contributed by atoms with Gasteiger partial charge in [-0.3, -0.25) is 4.79 Å². The molecule has 2 atom stereocenters. The second kappa shape index (κ2) is 10.8. The molecule has 0 spiro atoms. The second-order valence-electron chi connectivity index (χ2n) is 11.8. The lowest BCUT2D eigenvalue weighted by atomic mass is 9.90. The molecule has 12 heteroatoms. The van der Waals surface area contributed by atoms with E-state index in [9.17, 15) is 14.4 Å². The van der Waals surface area contributed by atoms with Crippen LogP contribution in [0.25, 0.3) is 33.1 Å². The molecular weight excluding hydrogens is 574 g/mol. The molecule has 0 N–H and O–H groups in total. The van der Waals surface area contributed by atoms with Gasteiger partial charge in [-0.05, 0) is 63.7 Å². The molecule has 0 bridgehead atoms. The molecule has 4 aromatic rings. The molecule has 2 aliphatic rings. The normalized spacial score (nSPS) is 20.0. The molecule has 0 unspecified atom stereocenters. The summed E-state index contributed by atoms with van der Waals surface area (Å²) in [6.45, 7) is 7.49. The van der Waals surface area contributed by atoms with E-state index >= 15 is 4.39 Å². The third-order valence-electron chi connectivity index (χ3n) is 8.97. The third-order valence-corrected chi connectivity index (χ3v) is 9.26. The van der Waals surface area contributed by atoms with Crippen LogP contribution in [-0.4, -0.2) is 81.0 Å². The molecule has 4 heterocycles. The first kappa shape index (κ1) is 29.0. The Hall–Kier alpha value is -4.14. The molecule has 2 aliphatic heterocycles. The lowest BCUT2D eigenvalue weighted by molar-refractivity contribution is -0.130. The van der Waals surface area contributed by atoms with Crippen LogP contribution in [0.2, 0.25) is 5.02 Å². The first-order valence-electron chi connectivity index (χ1n) is 14.1. The molecule has 1 amide bonds. The van der Waals surface area contributed by atoms with Gasteiger partial charge in [-0.25, -0.2) is 18.4 Å². The fourth-order valence-electron chi connectivity index (χ4n) is 6.28. The van der Waals surface area contributed by atoms with Crippen molar-refractivity contribution in [3.8, 4) is 17.2 Å². The maximum Gasteiger partial charge on any atom is 0.246 e. The van der Waals surface area contributed by atoms with Crippen LogP contribution < -0.4 is 4.90 Å². The summed E-state index contributed by atoms with van der Waals surface area (Å²) in [5.74, 6) is -0.750. The first-order chi connectivity index (χ1) is 20.6. The fourth-order valence-corrected chi connectivity index (χ4v) is 6.58. The quantitative estimate of drug-likeness (QED) is 0.274. The van der Waals surface area contributed by atoms with Crippen molar-refractivity contribution in [2.45, 2.75) is 43.8 Å². The molecule has 0 saturated carbocycles. The number of piperidine rings is 1. The monoisotopic (exact) mass is 604 g/mol. The van der Waals surface area contributed by atoms with Gasteiger partial charge in [-0.1, -0.05) is 35.5 Å². The summed E-state index contributed by atoms with van der Waals surface area (Å²) in [4.78, 5) is 23.2. The smallest absolute Gasteiger partial charge is 0.246 e. The predicted molar refractivity (Wildman–Crippen MR) is 162 cm³/mol.